The molecule has 6 atom stereocenters. The van der Waals surface area contributed by atoms with Crippen molar-refractivity contribution < 1.29 is 14.6 Å². The zero-order valence-corrected chi connectivity index (χ0v) is 27.7. The monoisotopic (exact) mass is 628 g/mol. The van der Waals surface area contributed by atoms with E-state index in [1.165, 1.54) is 34.8 Å². The molecule has 1 spiro atoms. The van der Waals surface area contributed by atoms with Gasteiger partial charge in [-0.05, 0) is 61.8 Å². The number of phenolic OH excluding ortho intramolecular Hbond substituents is 1. The summed E-state index contributed by atoms with van der Waals surface area (Å²) in [6.07, 6.45) is 15.2. The summed E-state index contributed by atoms with van der Waals surface area (Å²) in [5.74, 6) is 0.0930. The van der Waals surface area contributed by atoms with Crippen molar-refractivity contribution in [3.8, 4) is 5.75 Å². The van der Waals surface area contributed by atoms with Crippen LogP contribution in [-0.2, 0) is 21.4 Å². The van der Waals surface area contributed by atoms with Crippen molar-refractivity contribution in [3.05, 3.63) is 94.4 Å². The maximum atomic E-state index is 13.5. The number of rotatable bonds is 4. The molecule has 0 amide bonds. The van der Waals surface area contributed by atoms with Gasteiger partial charge in [-0.2, -0.15) is 0 Å². The molecule has 0 radical (unpaired) electrons. The Morgan fingerprint density at radius 2 is 1.83 bits per heavy atom. The zero-order valence-electron chi connectivity index (χ0n) is 27.7. The first-order chi connectivity index (χ1) is 22.9. The molecule has 2 N–H and O–H groups in total. The van der Waals surface area contributed by atoms with Crippen LogP contribution in [0.5, 0.6) is 5.75 Å². The summed E-state index contributed by atoms with van der Waals surface area (Å²) in [5, 5.41) is 17.2. The second-order valence-electron chi connectivity index (χ2n) is 15.3. The molecular formula is C40H44N4O3. The van der Waals surface area contributed by atoms with Crippen LogP contribution in [0.15, 0.2) is 72.0 Å². The molecule has 10 rings (SSSR count). The van der Waals surface area contributed by atoms with Crippen molar-refractivity contribution in [2.75, 3.05) is 38.6 Å². The summed E-state index contributed by atoms with van der Waals surface area (Å²) < 4.78 is 8.06. The van der Waals surface area contributed by atoms with E-state index in [1.54, 1.807) is 0 Å². The molecule has 7 nitrogen and oxygen atoms in total. The summed E-state index contributed by atoms with van der Waals surface area (Å²) in [5.41, 5.74) is 8.66. The van der Waals surface area contributed by atoms with Gasteiger partial charge in [0, 0.05) is 82.7 Å². The highest BCUT2D eigenvalue weighted by Crippen LogP contribution is 2.66. The van der Waals surface area contributed by atoms with Gasteiger partial charge < -0.3 is 19.7 Å². The smallest absolute Gasteiger partial charge is 0.335 e. The molecular weight excluding hydrogens is 584 g/mol. The number of benzene rings is 2. The van der Waals surface area contributed by atoms with E-state index in [4.69, 9.17) is 4.74 Å². The third-order valence-electron chi connectivity index (χ3n) is 13.8. The van der Waals surface area contributed by atoms with Gasteiger partial charge in [0.2, 0.25) is 0 Å². The van der Waals surface area contributed by atoms with E-state index >= 15 is 0 Å². The SMILES string of the molecule is CC[C@@]12C=CCN3CCc4c(n(c5ccccc45)[C@H](c4cc5c(cc4O)NC4=C(C(=O)OC)C[C@]6(CC)C=CCN7CC[C@@]45[C@@H]76)C1)[C@H]32. The van der Waals surface area contributed by atoms with Gasteiger partial charge in [-0.15, -0.1) is 0 Å². The fraction of sp³-hybridized carbons (Fsp3) is 0.475. The number of hydrogen-bond acceptors (Lipinski definition) is 6. The molecule has 0 bridgehead atoms. The van der Waals surface area contributed by atoms with Gasteiger partial charge in [0.1, 0.15) is 5.75 Å². The van der Waals surface area contributed by atoms with E-state index in [2.05, 4.69) is 88.2 Å². The highest BCUT2D eigenvalue weighted by atomic mass is 16.5. The van der Waals surface area contributed by atoms with Crippen molar-refractivity contribution in [1.29, 1.82) is 0 Å². The minimum Gasteiger partial charge on any atom is -0.508 e. The van der Waals surface area contributed by atoms with E-state index in [1.807, 2.05) is 6.07 Å². The molecule has 1 fully saturated rings. The van der Waals surface area contributed by atoms with Gasteiger partial charge in [0.15, 0.2) is 0 Å². The lowest BCUT2D eigenvalue weighted by Crippen LogP contribution is -2.58. The Morgan fingerprint density at radius 3 is 2.64 bits per heavy atom. The highest BCUT2D eigenvalue weighted by Gasteiger charge is 2.65. The van der Waals surface area contributed by atoms with Gasteiger partial charge >= 0.3 is 5.97 Å². The van der Waals surface area contributed by atoms with Gasteiger partial charge in [0.25, 0.3) is 0 Å². The van der Waals surface area contributed by atoms with E-state index in [0.29, 0.717) is 18.2 Å². The van der Waals surface area contributed by atoms with Crippen LogP contribution in [0, 0.1) is 10.8 Å². The van der Waals surface area contributed by atoms with Crippen LogP contribution in [0.1, 0.15) is 80.4 Å². The minimum atomic E-state index is -0.361. The Kier molecular flexibility index (Phi) is 5.65. The Labute approximate surface area is 276 Å². The first kappa shape index (κ1) is 28.2. The number of fused-ring (bicyclic) bond motifs is 4. The molecule has 3 aromatic rings. The summed E-state index contributed by atoms with van der Waals surface area (Å²) in [7, 11) is 1.50. The molecule has 0 saturated carbocycles. The number of hydrogen-bond donors (Lipinski definition) is 2. The molecule has 242 valence electrons. The minimum absolute atomic E-state index is 0.00586. The van der Waals surface area contributed by atoms with Crippen molar-refractivity contribution in [2.45, 2.75) is 75.9 Å². The number of carbonyl (C=O) groups excluding carboxylic acids is 1. The van der Waals surface area contributed by atoms with E-state index in [-0.39, 0.29) is 34.3 Å². The normalized spacial score (nSPS) is 34.6. The number of anilines is 1. The standard InChI is InChI=1S/C40H44N4O3/c1-4-38-13-8-16-42-18-12-25-24-10-6-7-11-30(24)44(33(25)35(38)42)31(23-38)26-20-28-29(21-32(26)45)41-34-27(36(46)47-3)22-39(5-2)14-9-17-43-19-15-40(28,34)37(39)43/h6-11,13-14,20-21,31,35,37,41,45H,4-5,12,15-19,22-23H2,1-3H3/t31-,35-,37-,38+,39-,40-/m0/s1. The molecule has 1 saturated heterocycles. The number of nitrogens with one attached hydrogen (secondary N) is 1. The van der Waals surface area contributed by atoms with Gasteiger partial charge in [-0.25, -0.2) is 4.79 Å². The molecule has 1 aliphatic carbocycles. The molecule has 47 heavy (non-hydrogen) atoms. The third kappa shape index (κ3) is 3.28. The number of aromatic hydroxyl groups is 1. The van der Waals surface area contributed by atoms with E-state index < -0.39 is 0 Å². The molecule has 2 aromatic carbocycles. The highest BCUT2D eigenvalue weighted by molar-refractivity contribution is 5.93. The average molecular weight is 629 g/mol. The topological polar surface area (TPSA) is 70.0 Å². The largest absolute Gasteiger partial charge is 0.508 e. The summed E-state index contributed by atoms with van der Waals surface area (Å²) >= 11 is 0. The van der Waals surface area contributed by atoms with Crippen LogP contribution in [0.3, 0.4) is 0 Å². The van der Waals surface area contributed by atoms with Gasteiger partial charge in [-0.1, -0.05) is 56.4 Å². The fourth-order valence-electron chi connectivity index (χ4n) is 11.9. The predicted octanol–water partition coefficient (Wildman–Crippen LogP) is 6.74. The Bertz CT molecular complexity index is 1990. The van der Waals surface area contributed by atoms with Gasteiger partial charge in [0.05, 0.1) is 30.2 Å². The zero-order chi connectivity index (χ0) is 31.9. The number of carbonyl (C=O) groups is 1. The second kappa shape index (κ2) is 9.42. The predicted molar refractivity (Wildman–Crippen MR) is 183 cm³/mol. The van der Waals surface area contributed by atoms with Crippen molar-refractivity contribution in [2.24, 2.45) is 10.8 Å². The molecule has 7 heterocycles. The van der Waals surface area contributed by atoms with E-state index in [9.17, 15) is 9.90 Å². The van der Waals surface area contributed by atoms with Crippen molar-refractivity contribution >= 4 is 22.6 Å². The van der Waals surface area contributed by atoms with Crippen LogP contribution in [-0.4, -0.2) is 64.8 Å². The Hall–Kier alpha value is -3.81. The first-order valence-corrected chi connectivity index (χ1v) is 17.8. The average Bonchev–Trinajstić information content (AvgIpc) is 3.77. The van der Waals surface area contributed by atoms with Crippen LogP contribution in [0.25, 0.3) is 10.9 Å². The lowest BCUT2D eigenvalue weighted by Gasteiger charge is -2.55. The molecule has 6 aliphatic heterocycles. The molecule has 0 unspecified atom stereocenters. The summed E-state index contributed by atoms with van der Waals surface area (Å²) in [6.45, 7) is 8.62. The Morgan fingerprint density at radius 1 is 1.04 bits per heavy atom. The first-order valence-electron chi connectivity index (χ1n) is 17.8. The number of aromatic nitrogens is 1. The number of methoxy groups -OCH3 is 1. The van der Waals surface area contributed by atoms with Crippen molar-refractivity contribution in [3.63, 3.8) is 0 Å². The quantitative estimate of drug-likeness (QED) is 0.247. The molecule has 7 heteroatoms. The van der Waals surface area contributed by atoms with Crippen molar-refractivity contribution in [1.82, 2.24) is 14.4 Å². The lowest BCUT2D eigenvalue weighted by atomic mass is 9.55. The number of nitrogens with zero attached hydrogens (tertiary/aromatic N) is 3. The lowest BCUT2D eigenvalue weighted by molar-refractivity contribution is -0.137. The number of esters is 1. The van der Waals surface area contributed by atoms with Crippen LogP contribution >= 0.6 is 0 Å². The van der Waals surface area contributed by atoms with Crippen LogP contribution < -0.4 is 5.32 Å². The van der Waals surface area contributed by atoms with Gasteiger partial charge in [-0.3, -0.25) is 9.80 Å². The summed E-state index contributed by atoms with van der Waals surface area (Å²) in [6, 6.07) is 13.8. The Balaban J connectivity index is 1.23. The molecule has 7 aliphatic rings. The van der Waals surface area contributed by atoms with Crippen LogP contribution in [0.2, 0.25) is 0 Å². The fourth-order valence-corrected chi connectivity index (χ4v) is 11.9. The number of ether oxygens (including phenoxy) is 1. The number of phenols is 1. The third-order valence-corrected chi connectivity index (χ3v) is 13.8. The summed E-state index contributed by atoms with van der Waals surface area (Å²) in [4.78, 5) is 18.9. The number of para-hydroxylation sites is 1. The molecule has 1 aromatic heterocycles. The maximum Gasteiger partial charge on any atom is 0.335 e. The van der Waals surface area contributed by atoms with E-state index in [0.717, 1.165) is 80.8 Å². The van der Waals surface area contributed by atoms with Crippen LogP contribution in [0.4, 0.5) is 5.69 Å². The second-order valence-corrected chi connectivity index (χ2v) is 15.3. The maximum absolute atomic E-state index is 13.5.